The molecule has 0 fully saturated rings. The quantitative estimate of drug-likeness (QED) is 0.603. The second-order valence-electron chi connectivity index (χ2n) is 5.67. The van der Waals surface area contributed by atoms with Gasteiger partial charge in [0.25, 0.3) is 0 Å². The Bertz CT molecular complexity index is 335. The molecule has 1 aromatic rings. The van der Waals surface area contributed by atoms with Crippen molar-refractivity contribution >= 4 is 0 Å². The molecule has 1 aromatic carbocycles. The molecule has 0 heteroatoms. The van der Waals surface area contributed by atoms with Crippen LogP contribution in [0.2, 0.25) is 0 Å². The van der Waals surface area contributed by atoms with Crippen molar-refractivity contribution < 1.29 is 0 Å². The number of allylic oxidation sites excluding steroid dienone is 1. The van der Waals surface area contributed by atoms with E-state index in [-0.39, 0.29) is 5.41 Å². The standard InChI is InChI=1S/C17H25/c1-5-6-7-8-9-10-15-11-13-16(14-12-15)17(2,3)4/h9,11-14H,5-8H2,1-4H3. The Morgan fingerprint density at radius 1 is 1.06 bits per heavy atom. The van der Waals surface area contributed by atoms with E-state index in [1.165, 1.54) is 30.4 Å². The summed E-state index contributed by atoms with van der Waals surface area (Å²) >= 11 is 0. The molecule has 93 valence electrons. The van der Waals surface area contributed by atoms with Crippen LogP contribution in [0.3, 0.4) is 0 Å². The SMILES string of the molecule is CCCCC/C=[C]\c1ccc(C(C)(C)C)cc1. The van der Waals surface area contributed by atoms with Crippen molar-refractivity contribution in [2.24, 2.45) is 0 Å². The van der Waals surface area contributed by atoms with Crippen molar-refractivity contribution in [3.63, 3.8) is 0 Å². The zero-order chi connectivity index (χ0) is 12.7. The van der Waals surface area contributed by atoms with Gasteiger partial charge < -0.3 is 0 Å². The lowest BCUT2D eigenvalue weighted by atomic mass is 9.87. The van der Waals surface area contributed by atoms with Gasteiger partial charge >= 0.3 is 0 Å². The Morgan fingerprint density at radius 2 is 1.71 bits per heavy atom. The lowest BCUT2D eigenvalue weighted by Crippen LogP contribution is -2.10. The van der Waals surface area contributed by atoms with Crippen molar-refractivity contribution in [2.45, 2.75) is 58.8 Å². The Labute approximate surface area is 107 Å². The predicted octanol–water partition coefficient (Wildman–Crippen LogP) is 5.27. The minimum Gasteiger partial charge on any atom is -0.0760 e. The highest BCUT2D eigenvalue weighted by molar-refractivity contribution is 5.30. The van der Waals surface area contributed by atoms with E-state index in [1.807, 2.05) is 0 Å². The fraction of sp³-hybridized carbons (Fsp3) is 0.529. The topological polar surface area (TPSA) is 0 Å². The molecule has 17 heavy (non-hydrogen) atoms. The third kappa shape index (κ3) is 5.21. The number of unbranched alkanes of at least 4 members (excludes halogenated alkanes) is 3. The molecule has 0 saturated heterocycles. The molecule has 0 heterocycles. The average molecular weight is 229 g/mol. The molecule has 0 aliphatic heterocycles. The van der Waals surface area contributed by atoms with Crippen molar-refractivity contribution in [2.75, 3.05) is 0 Å². The predicted molar refractivity (Wildman–Crippen MR) is 76.2 cm³/mol. The van der Waals surface area contributed by atoms with Crippen molar-refractivity contribution in [3.05, 3.63) is 47.5 Å². The minimum absolute atomic E-state index is 0.239. The zero-order valence-corrected chi connectivity index (χ0v) is 11.7. The number of hydrogen-bond acceptors (Lipinski definition) is 0. The lowest BCUT2D eigenvalue weighted by molar-refractivity contribution is 0.590. The van der Waals surface area contributed by atoms with Gasteiger partial charge in [-0.15, -0.1) is 0 Å². The van der Waals surface area contributed by atoms with Gasteiger partial charge in [-0.25, -0.2) is 0 Å². The van der Waals surface area contributed by atoms with Gasteiger partial charge in [0.05, 0.1) is 0 Å². The highest BCUT2D eigenvalue weighted by atomic mass is 14.2. The first kappa shape index (κ1) is 14.0. The van der Waals surface area contributed by atoms with Gasteiger partial charge in [-0.1, -0.05) is 70.9 Å². The third-order valence-electron chi connectivity index (χ3n) is 2.97. The highest BCUT2D eigenvalue weighted by Crippen LogP contribution is 2.22. The summed E-state index contributed by atoms with van der Waals surface area (Å²) in [6.07, 6.45) is 10.6. The zero-order valence-electron chi connectivity index (χ0n) is 11.7. The van der Waals surface area contributed by atoms with Gasteiger partial charge in [0.15, 0.2) is 0 Å². The largest absolute Gasteiger partial charge is 0.0760 e. The van der Waals surface area contributed by atoms with Crippen LogP contribution in [0, 0.1) is 6.08 Å². The van der Waals surface area contributed by atoms with Crippen LogP contribution in [0.1, 0.15) is 64.5 Å². The molecule has 0 nitrogen and oxygen atoms in total. The first-order valence-electron chi connectivity index (χ1n) is 6.73. The van der Waals surface area contributed by atoms with Crippen LogP contribution in [0.5, 0.6) is 0 Å². The maximum atomic E-state index is 3.36. The molecule has 0 spiro atoms. The number of benzene rings is 1. The maximum absolute atomic E-state index is 3.36. The van der Waals surface area contributed by atoms with Crippen molar-refractivity contribution in [3.8, 4) is 0 Å². The molecule has 0 N–H and O–H groups in total. The van der Waals surface area contributed by atoms with Crippen LogP contribution in [-0.4, -0.2) is 0 Å². The van der Waals surface area contributed by atoms with Crippen LogP contribution < -0.4 is 0 Å². The molecule has 0 aliphatic carbocycles. The van der Waals surface area contributed by atoms with Gasteiger partial charge in [-0.3, -0.25) is 0 Å². The molecular weight excluding hydrogens is 204 g/mol. The van der Waals surface area contributed by atoms with Crippen LogP contribution in [0.15, 0.2) is 30.3 Å². The van der Waals surface area contributed by atoms with Crippen molar-refractivity contribution in [1.29, 1.82) is 0 Å². The van der Waals surface area contributed by atoms with Gasteiger partial charge in [0, 0.05) is 0 Å². The highest BCUT2D eigenvalue weighted by Gasteiger charge is 2.12. The summed E-state index contributed by atoms with van der Waals surface area (Å²) in [6.45, 7) is 8.96. The van der Waals surface area contributed by atoms with E-state index in [2.05, 4.69) is 64.1 Å². The van der Waals surface area contributed by atoms with Crippen LogP contribution in [0.25, 0.3) is 0 Å². The van der Waals surface area contributed by atoms with Crippen LogP contribution >= 0.6 is 0 Å². The van der Waals surface area contributed by atoms with Crippen LogP contribution in [0.4, 0.5) is 0 Å². The Hall–Kier alpha value is -1.04. The van der Waals surface area contributed by atoms with E-state index in [1.54, 1.807) is 0 Å². The summed E-state index contributed by atoms with van der Waals surface area (Å²) < 4.78 is 0. The van der Waals surface area contributed by atoms with E-state index in [9.17, 15) is 0 Å². The van der Waals surface area contributed by atoms with E-state index in [0.717, 1.165) is 6.42 Å². The summed E-state index contributed by atoms with van der Waals surface area (Å²) in [5.41, 5.74) is 2.81. The summed E-state index contributed by atoms with van der Waals surface area (Å²) in [7, 11) is 0. The minimum atomic E-state index is 0.239. The summed E-state index contributed by atoms with van der Waals surface area (Å²) in [6, 6.07) is 8.75. The summed E-state index contributed by atoms with van der Waals surface area (Å²) in [4.78, 5) is 0. The monoisotopic (exact) mass is 229 g/mol. The second-order valence-corrected chi connectivity index (χ2v) is 5.67. The lowest BCUT2D eigenvalue weighted by Gasteiger charge is -2.18. The van der Waals surface area contributed by atoms with Gasteiger partial charge in [-0.05, 0) is 35.5 Å². The fourth-order valence-electron chi connectivity index (χ4n) is 1.75. The van der Waals surface area contributed by atoms with Crippen molar-refractivity contribution in [1.82, 2.24) is 0 Å². The molecule has 0 saturated carbocycles. The second kappa shape index (κ2) is 6.64. The molecule has 1 radical (unpaired) electrons. The summed E-state index contributed by atoms with van der Waals surface area (Å²) in [5.74, 6) is 0. The molecule has 0 unspecified atom stereocenters. The molecule has 0 aromatic heterocycles. The molecule has 1 rings (SSSR count). The Balaban J connectivity index is 2.51. The first-order chi connectivity index (χ1) is 8.04. The van der Waals surface area contributed by atoms with E-state index in [4.69, 9.17) is 0 Å². The Morgan fingerprint density at radius 3 is 2.24 bits per heavy atom. The van der Waals surface area contributed by atoms with E-state index >= 15 is 0 Å². The Kier molecular flexibility index (Phi) is 5.47. The molecule has 0 bridgehead atoms. The average Bonchev–Trinajstić information content (AvgIpc) is 2.28. The summed E-state index contributed by atoms with van der Waals surface area (Å²) in [5, 5.41) is 0. The number of hydrogen-bond donors (Lipinski definition) is 0. The normalized spacial score (nSPS) is 12.2. The fourth-order valence-corrected chi connectivity index (χ4v) is 1.75. The smallest absolute Gasteiger partial charge is 0.0132 e. The van der Waals surface area contributed by atoms with Gasteiger partial charge in [0.2, 0.25) is 0 Å². The number of rotatable bonds is 5. The maximum Gasteiger partial charge on any atom is -0.0132 e. The molecule has 0 aliphatic rings. The molecular formula is C17H25. The molecule has 0 atom stereocenters. The van der Waals surface area contributed by atoms with E-state index < -0.39 is 0 Å². The van der Waals surface area contributed by atoms with Gasteiger partial charge in [-0.2, -0.15) is 0 Å². The van der Waals surface area contributed by atoms with Crippen LogP contribution in [-0.2, 0) is 5.41 Å². The third-order valence-corrected chi connectivity index (χ3v) is 2.97. The van der Waals surface area contributed by atoms with Gasteiger partial charge in [0.1, 0.15) is 0 Å². The molecule has 0 amide bonds. The van der Waals surface area contributed by atoms with E-state index in [0.29, 0.717) is 0 Å². The first-order valence-corrected chi connectivity index (χ1v) is 6.73.